The van der Waals surface area contributed by atoms with Crippen molar-refractivity contribution in [3.8, 4) is 6.07 Å². The van der Waals surface area contributed by atoms with E-state index in [9.17, 15) is 0 Å². The van der Waals surface area contributed by atoms with E-state index in [0.29, 0.717) is 5.92 Å². The van der Waals surface area contributed by atoms with Crippen LogP contribution in [0.25, 0.3) is 0 Å². The van der Waals surface area contributed by atoms with Crippen molar-refractivity contribution >= 4 is 0 Å². The van der Waals surface area contributed by atoms with E-state index in [-0.39, 0.29) is 5.54 Å². The predicted molar refractivity (Wildman–Crippen MR) is 66.7 cm³/mol. The van der Waals surface area contributed by atoms with E-state index in [1.165, 1.54) is 0 Å². The molecule has 1 N–H and O–H groups in total. The van der Waals surface area contributed by atoms with Gasteiger partial charge in [-0.05, 0) is 39.7 Å². The molecule has 2 atom stereocenters. The number of hydrogen-bond donors (Lipinski definition) is 1. The van der Waals surface area contributed by atoms with Crippen LogP contribution in [-0.2, 0) is 9.47 Å². The third-order valence-corrected chi connectivity index (χ3v) is 3.39. The van der Waals surface area contributed by atoms with Crippen LogP contribution in [0.4, 0.5) is 0 Å². The van der Waals surface area contributed by atoms with Crippen molar-refractivity contribution in [2.45, 2.75) is 38.1 Å². The van der Waals surface area contributed by atoms with Crippen LogP contribution >= 0.6 is 0 Å². The van der Waals surface area contributed by atoms with Gasteiger partial charge in [0.1, 0.15) is 5.54 Å². The second-order valence-electron chi connectivity index (χ2n) is 4.96. The Kier molecular flexibility index (Phi) is 6.49. The maximum Gasteiger partial charge on any atom is 0.103 e. The maximum atomic E-state index is 8.97. The van der Waals surface area contributed by atoms with Crippen LogP contribution in [0.5, 0.6) is 0 Å². The van der Waals surface area contributed by atoms with Crippen molar-refractivity contribution in [2.75, 3.05) is 33.5 Å². The highest BCUT2D eigenvalue weighted by molar-refractivity contribution is 5.02. The summed E-state index contributed by atoms with van der Waals surface area (Å²) in [7, 11) is 1.83. The summed E-state index contributed by atoms with van der Waals surface area (Å²) >= 11 is 0. The maximum absolute atomic E-state index is 8.97. The second kappa shape index (κ2) is 7.65. The molecule has 0 saturated carbocycles. The van der Waals surface area contributed by atoms with E-state index in [1.54, 1.807) is 0 Å². The standard InChI is InChI=1S/C13H24N2O2/c1-13(11-14,15-2)6-3-4-7-16-9-12-5-8-17-10-12/h12,15H,3-10H2,1-2H3. The molecule has 0 amide bonds. The highest BCUT2D eigenvalue weighted by atomic mass is 16.5. The van der Waals surface area contributed by atoms with E-state index in [1.807, 2.05) is 14.0 Å². The van der Waals surface area contributed by atoms with Crippen LogP contribution in [0.1, 0.15) is 32.6 Å². The summed E-state index contributed by atoms with van der Waals surface area (Å²) in [5.41, 5.74) is -0.390. The lowest BCUT2D eigenvalue weighted by molar-refractivity contribution is 0.0866. The number of rotatable bonds is 8. The average Bonchev–Trinajstić information content (AvgIpc) is 2.86. The molecule has 2 unspecified atom stereocenters. The topological polar surface area (TPSA) is 54.3 Å². The third-order valence-electron chi connectivity index (χ3n) is 3.39. The fourth-order valence-electron chi connectivity index (χ4n) is 1.88. The number of nitriles is 1. The average molecular weight is 240 g/mol. The minimum absolute atomic E-state index is 0.390. The summed E-state index contributed by atoms with van der Waals surface area (Å²) in [4.78, 5) is 0. The van der Waals surface area contributed by atoms with E-state index in [2.05, 4.69) is 11.4 Å². The van der Waals surface area contributed by atoms with E-state index in [4.69, 9.17) is 14.7 Å². The van der Waals surface area contributed by atoms with Crippen molar-refractivity contribution in [1.29, 1.82) is 5.26 Å². The summed E-state index contributed by atoms with van der Waals surface area (Å²) in [6, 6.07) is 2.30. The van der Waals surface area contributed by atoms with Crippen LogP contribution < -0.4 is 5.32 Å². The first kappa shape index (κ1) is 14.4. The first-order valence-corrected chi connectivity index (χ1v) is 6.46. The summed E-state index contributed by atoms with van der Waals surface area (Å²) < 4.78 is 10.9. The molecule has 0 aromatic heterocycles. The van der Waals surface area contributed by atoms with Gasteiger partial charge in [-0.1, -0.05) is 0 Å². The zero-order valence-electron chi connectivity index (χ0n) is 11.0. The van der Waals surface area contributed by atoms with Gasteiger partial charge in [0.05, 0.1) is 19.3 Å². The molecule has 0 aromatic rings. The Morgan fingerprint density at radius 1 is 1.53 bits per heavy atom. The Bertz CT molecular complexity index is 246. The molecule has 1 rings (SSSR count). The Hall–Kier alpha value is -0.630. The molecule has 1 saturated heterocycles. The molecule has 0 aliphatic carbocycles. The Morgan fingerprint density at radius 3 is 2.94 bits per heavy atom. The lowest BCUT2D eigenvalue weighted by Crippen LogP contribution is -2.37. The van der Waals surface area contributed by atoms with Crippen LogP contribution in [-0.4, -0.2) is 39.0 Å². The summed E-state index contributed by atoms with van der Waals surface area (Å²) in [5.74, 6) is 0.594. The summed E-state index contributed by atoms with van der Waals surface area (Å²) in [5, 5.41) is 12.0. The van der Waals surface area contributed by atoms with E-state index in [0.717, 1.165) is 52.1 Å². The molecule has 0 radical (unpaired) electrons. The van der Waals surface area contributed by atoms with Gasteiger partial charge in [-0.15, -0.1) is 0 Å². The molecule has 98 valence electrons. The largest absolute Gasteiger partial charge is 0.381 e. The molecule has 1 aliphatic heterocycles. The zero-order chi connectivity index (χ0) is 12.6. The molecule has 0 bridgehead atoms. The van der Waals surface area contributed by atoms with Crippen LogP contribution in [0, 0.1) is 17.2 Å². The van der Waals surface area contributed by atoms with Gasteiger partial charge in [0.15, 0.2) is 0 Å². The van der Waals surface area contributed by atoms with Gasteiger partial charge in [-0.3, -0.25) is 0 Å². The second-order valence-corrected chi connectivity index (χ2v) is 4.96. The van der Waals surface area contributed by atoms with Gasteiger partial charge in [0.25, 0.3) is 0 Å². The van der Waals surface area contributed by atoms with E-state index < -0.39 is 0 Å². The van der Waals surface area contributed by atoms with Crippen molar-refractivity contribution in [2.24, 2.45) is 5.92 Å². The van der Waals surface area contributed by atoms with Crippen molar-refractivity contribution in [3.63, 3.8) is 0 Å². The van der Waals surface area contributed by atoms with Crippen molar-refractivity contribution in [3.05, 3.63) is 0 Å². The monoisotopic (exact) mass is 240 g/mol. The van der Waals surface area contributed by atoms with Gasteiger partial charge in [-0.2, -0.15) is 5.26 Å². The highest BCUT2D eigenvalue weighted by Gasteiger charge is 2.20. The SMILES string of the molecule is CNC(C)(C#N)CCCCOCC1CCOC1. The molecular formula is C13H24N2O2. The number of hydrogen-bond acceptors (Lipinski definition) is 4. The fraction of sp³-hybridized carbons (Fsp3) is 0.923. The quantitative estimate of drug-likeness (QED) is 0.656. The van der Waals surface area contributed by atoms with Gasteiger partial charge in [0.2, 0.25) is 0 Å². The Morgan fingerprint density at radius 2 is 2.35 bits per heavy atom. The predicted octanol–water partition coefficient (Wildman–Crippen LogP) is 1.71. The van der Waals surface area contributed by atoms with E-state index >= 15 is 0 Å². The Labute approximate surface area is 104 Å². The van der Waals surface area contributed by atoms with Gasteiger partial charge < -0.3 is 14.8 Å². The molecule has 1 aliphatic rings. The summed E-state index contributed by atoms with van der Waals surface area (Å²) in [6.07, 6.45) is 4.04. The molecule has 0 spiro atoms. The molecule has 0 aromatic carbocycles. The third kappa shape index (κ3) is 5.49. The molecule has 1 fully saturated rings. The lowest BCUT2D eigenvalue weighted by atomic mass is 9.97. The number of ether oxygens (including phenoxy) is 2. The van der Waals surface area contributed by atoms with Crippen LogP contribution in [0.2, 0.25) is 0 Å². The number of nitrogens with zero attached hydrogens (tertiary/aromatic N) is 1. The molecular weight excluding hydrogens is 216 g/mol. The first-order chi connectivity index (χ1) is 8.20. The zero-order valence-corrected chi connectivity index (χ0v) is 11.0. The molecule has 4 nitrogen and oxygen atoms in total. The molecule has 17 heavy (non-hydrogen) atoms. The minimum atomic E-state index is -0.390. The smallest absolute Gasteiger partial charge is 0.103 e. The first-order valence-electron chi connectivity index (χ1n) is 6.46. The van der Waals surface area contributed by atoms with Gasteiger partial charge in [-0.25, -0.2) is 0 Å². The molecule has 4 heteroatoms. The van der Waals surface area contributed by atoms with Crippen molar-refractivity contribution in [1.82, 2.24) is 5.32 Å². The lowest BCUT2D eigenvalue weighted by Gasteiger charge is -2.20. The normalized spacial score (nSPS) is 23.2. The number of unbranched alkanes of at least 4 members (excludes halogenated alkanes) is 1. The fourth-order valence-corrected chi connectivity index (χ4v) is 1.88. The summed E-state index contributed by atoms with van der Waals surface area (Å²) in [6.45, 7) is 5.29. The number of nitrogens with one attached hydrogen (secondary N) is 1. The van der Waals surface area contributed by atoms with Crippen LogP contribution in [0.3, 0.4) is 0 Å². The van der Waals surface area contributed by atoms with Gasteiger partial charge in [0, 0.05) is 19.1 Å². The highest BCUT2D eigenvalue weighted by Crippen LogP contribution is 2.14. The van der Waals surface area contributed by atoms with Crippen LogP contribution in [0.15, 0.2) is 0 Å². The molecule has 1 heterocycles. The Balaban J connectivity index is 1.95. The van der Waals surface area contributed by atoms with Crippen molar-refractivity contribution < 1.29 is 9.47 Å². The minimum Gasteiger partial charge on any atom is -0.381 e. The van der Waals surface area contributed by atoms with Gasteiger partial charge >= 0.3 is 0 Å².